The number of piperazine rings is 1. The molecule has 2 aromatic heterocycles. The Kier molecular flexibility index (Phi) is 5.47. The summed E-state index contributed by atoms with van der Waals surface area (Å²) in [4.78, 5) is 25.4. The molecule has 0 spiro atoms. The lowest BCUT2D eigenvalue weighted by atomic mass is 10.2. The predicted octanol–water partition coefficient (Wildman–Crippen LogP) is 3.05. The maximum absolute atomic E-state index is 12.7. The molecule has 0 saturated carbocycles. The van der Waals surface area contributed by atoms with Crippen LogP contribution in [0.5, 0.6) is 0 Å². The number of hydrogen-bond donors (Lipinski definition) is 1. The molecule has 1 amide bonds. The first-order chi connectivity index (χ1) is 13.8. The van der Waals surface area contributed by atoms with Gasteiger partial charge < -0.3 is 15.1 Å². The smallest absolute Gasteiger partial charge is 0.272 e. The molecule has 142 valence electrons. The van der Waals surface area contributed by atoms with Crippen LogP contribution >= 0.6 is 0 Å². The van der Waals surface area contributed by atoms with Crippen LogP contribution in [-0.2, 0) is 6.54 Å². The number of carbonyl (C=O) groups is 1. The molecule has 1 N–H and O–H groups in total. The normalized spacial score (nSPS) is 14.0. The van der Waals surface area contributed by atoms with Gasteiger partial charge in [-0.1, -0.05) is 24.3 Å². The Hall–Kier alpha value is -3.41. The zero-order chi connectivity index (χ0) is 19.2. The number of aromatic nitrogens is 2. The number of nitrogens with zero attached hydrogens (tertiary/aromatic N) is 4. The first-order valence-electron chi connectivity index (χ1n) is 9.48. The average molecular weight is 373 g/mol. The maximum Gasteiger partial charge on any atom is 0.272 e. The predicted molar refractivity (Wildman–Crippen MR) is 110 cm³/mol. The van der Waals surface area contributed by atoms with Gasteiger partial charge in [-0.25, -0.2) is 4.98 Å². The molecular formula is C22H23N5O. The Balaban J connectivity index is 1.31. The van der Waals surface area contributed by atoms with Crippen LogP contribution in [0.25, 0.3) is 0 Å². The van der Waals surface area contributed by atoms with E-state index in [1.807, 2.05) is 47.5 Å². The number of hydrogen-bond acceptors (Lipinski definition) is 5. The quantitative estimate of drug-likeness (QED) is 0.745. The molecule has 1 aliphatic heterocycles. The van der Waals surface area contributed by atoms with Gasteiger partial charge in [0.15, 0.2) is 0 Å². The van der Waals surface area contributed by atoms with Crippen molar-refractivity contribution in [3.8, 4) is 0 Å². The SMILES string of the molecule is O=C(c1ccc(NCc2cccnc2)cn1)N1CCN(c2ccccc2)CC1. The number of rotatable bonds is 5. The van der Waals surface area contributed by atoms with E-state index in [0.29, 0.717) is 25.3 Å². The molecule has 6 heteroatoms. The molecule has 1 aliphatic rings. The Morgan fingerprint density at radius 3 is 2.43 bits per heavy atom. The number of benzene rings is 1. The van der Waals surface area contributed by atoms with Crippen molar-refractivity contribution in [1.29, 1.82) is 0 Å². The average Bonchev–Trinajstić information content (AvgIpc) is 2.79. The zero-order valence-corrected chi connectivity index (χ0v) is 15.7. The van der Waals surface area contributed by atoms with Crippen LogP contribution in [0.1, 0.15) is 16.1 Å². The number of pyridine rings is 2. The molecule has 6 nitrogen and oxygen atoms in total. The van der Waals surface area contributed by atoms with Gasteiger partial charge in [-0.05, 0) is 35.9 Å². The fourth-order valence-corrected chi connectivity index (χ4v) is 3.30. The van der Waals surface area contributed by atoms with E-state index in [-0.39, 0.29) is 5.91 Å². The summed E-state index contributed by atoms with van der Waals surface area (Å²) in [6.07, 6.45) is 5.29. The van der Waals surface area contributed by atoms with Crippen molar-refractivity contribution in [3.63, 3.8) is 0 Å². The fourth-order valence-electron chi connectivity index (χ4n) is 3.30. The molecule has 0 aliphatic carbocycles. The second-order valence-corrected chi connectivity index (χ2v) is 6.76. The monoisotopic (exact) mass is 373 g/mol. The van der Waals surface area contributed by atoms with Gasteiger partial charge in [0.25, 0.3) is 5.91 Å². The maximum atomic E-state index is 12.7. The largest absolute Gasteiger partial charge is 0.380 e. The molecule has 1 fully saturated rings. The van der Waals surface area contributed by atoms with E-state index in [0.717, 1.165) is 24.3 Å². The van der Waals surface area contributed by atoms with E-state index in [2.05, 4.69) is 32.3 Å². The summed E-state index contributed by atoms with van der Waals surface area (Å²) >= 11 is 0. The van der Waals surface area contributed by atoms with Gasteiger partial charge in [0, 0.05) is 50.8 Å². The minimum Gasteiger partial charge on any atom is -0.380 e. The minimum atomic E-state index is -0.00785. The van der Waals surface area contributed by atoms with Gasteiger partial charge in [0.2, 0.25) is 0 Å². The highest BCUT2D eigenvalue weighted by Crippen LogP contribution is 2.17. The number of amides is 1. The third kappa shape index (κ3) is 4.28. The Bertz CT molecular complexity index is 891. The lowest BCUT2D eigenvalue weighted by Gasteiger charge is -2.36. The Morgan fingerprint density at radius 1 is 0.929 bits per heavy atom. The summed E-state index contributed by atoms with van der Waals surface area (Å²) in [5.74, 6) is -0.00785. The van der Waals surface area contributed by atoms with Crippen molar-refractivity contribution in [2.45, 2.75) is 6.54 Å². The number of nitrogens with one attached hydrogen (secondary N) is 1. The topological polar surface area (TPSA) is 61.4 Å². The molecule has 4 rings (SSSR count). The highest BCUT2D eigenvalue weighted by Gasteiger charge is 2.23. The molecule has 3 heterocycles. The molecule has 0 atom stereocenters. The summed E-state index contributed by atoms with van der Waals surface area (Å²) in [5.41, 5.74) is 3.67. The van der Waals surface area contributed by atoms with Gasteiger partial charge in [0.05, 0.1) is 11.9 Å². The van der Waals surface area contributed by atoms with E-state index in [4.69, 9.17) is 0 Å². The molecule has 0 unspecified atom stereocenters. The Labute approximate surface area is 164 Å². The van der Waals surface area contributed by atoms with Crippen LogP contribution in [0.3, 0.4) is 0 Å². The number of carbonyl (C=O) groups excluding carboxylic acids is 1. The third-order valence-corrected chi connectivity index (χ3v) is 4.89. The molecule has 28 heavy (non-hydrogen) atoms. The lowest BCUT2D eigenvalue weighted by molar-refractivity contribution is 0.0741. The van der Waals surface area contributed by atoms with Crippen molar-refractivity contribution in [2.75, 3.05) is 36.4 Å². The van der Waals surface area contributed by atoms with Crippen molar-refractivity contribution < 1.29 is 4.79 Å². The van der Waals surface area contributed by atoms with Crippen molar-refractivity contribution in [3.05, 3.63) is 84.4 Å². The second-order valence-electron chi connectivity index (χ2n) is 6.76. The molecule has 0 radical (unpaired) electrons. The number of para-hydroxylation sites is 1. The highest BCUT2D eigenvalue weighted by atomic mass is 16.2. The molecule has 3 aromatic rings. The fraction of sp³-hybridized carbons (Fsp3) is 0.227. The van der Waals surface area contributed by atoms with Gasteiger partial charge in [-0.15, -0.1) is 0 Å². The van der Waals surface area contributed by atoms with Crippen molar-refractivity contribution >= 4 is 17.3 Å². The first kappa shape index (κ1) is 18.0. The van der Waals surface area contributed by atoms with Crippen molar-refractivity contribution in [2.24, 2.45) is 0 Å². The van der Waals surface area contributed by atoms with E-state index in [1.165, 1.54) is 5.69 Å². The van der Waals surface area contributed by atoms with Crippen molar-refractivity contribution in [1.82, 2.24) is 14.9 Å². The van der Waals surface area contributed by atoms with Crippen LogP contribution < -0.4 is 10.2 Å². The molecular weight excluding hydrogens is 350 g/mol. The highest BCUT2D eigenvalue weighted by molar-refractivity contribution is 5.92. The molecule has 1 saturated heterocycles. The summed E-state index contributed by atoms with van der Waals surface area (Å²) in [6.45, 7) is 3.75. The first-order valence-corrected chi connectivity index (χ1v) is 9.48. The summed E-state index contributed by atoms with van der Waals surface area (Å²) in [6, 6.07) is 17.9. The lowest BCUT2D eigenvalue weighted by Crippen LogP contribution is -2.49. The molecule has 1 aromatic carbocycles. The molecule has 0 bridgehead atoms. The van der Waals surface area contributed by atoms with E-state index >= 15 is 0 Å². The van der Waals surface area contributed by atoms with E-state index < -0.39 is 0 Å². The van der Waals surface area contributed by atoms with Gasteiger partial charge >= 0.3 is 0 Å². The standard InChI is InChI=1S/C22H23N5O/c28-22(27-13-11-26(12-14-27)20-6-2-1-3-7-20)21-9-8-19(17-25-21)24-16-18-5-4-10-23-15-18/h1-10,15,17,24H,11-14,16H2. The summed E-state index contributed by atoms with van der Waals surface area (Å²) in [5, 5.41) is 3.30. The van der Waals surface area contributed by atoms with E-state index in [9.17, 15) is 4.79 Å². The number of anilines is 2. The van der Waals surface area contributed by atoms with Crippen LogP contribution in [0.4, 0.5) is 11.4 Å². The minimum absolute atomic E-state index is 0.00785. The van der Waals surface area contributed by atoms with Crippen LogP contribution in [-0.4, -0.2) is 47.0 Å². The van der Waals surface area contributed by atoms with Crippen LogP contribution in [0, 0.1) is 0 Å². The van der Waals surface area contributed by atoms with Crippen LogP contribution in [0.15, 0.2) is 73.2 Å². The van der Waals surface area contributed by atoms with E-state index in [1.54, 1.807) is 18.5 Å². The third-order valence-electron chi connectivity index (χ3n) is 4.89. The summed E-state index contributed by atoms with van der Waals surface area (Å²) < 4.78 is 0. The van der Waals surface area contributed by atoms with Gasteiger partial charge in [0.1, 0.15) is 5.69 Å². The van der Waals surface area contributed by atoms with Gasteiger partial charge in [-0.2, -0.15) is 0 Å². The second kappa shape index (κ2) is 8.52. The van der Waals surface area contributed by atoms with Gasteiger partial charge in [-0.3, -0.25) is 9.78 Å². The van der Waals surface area contributed by atoms with Crippen LogP contribution in [0.2, 0.25) is 0 Å². The Morgan fingerprint density at radius 2 is 1.75 bits per heavy atom. The zero-order valence-electron chi connectivity index (χ0n) is 15.7. The summed E-state index contributed by atoms with van der Waals surface area (Å²) in [7, 11) is 0.